The largest absolute Gasteiger partial charge is 0.481 e. The number of likely N-dealkylation sites (tertiary alicyclic amines) is 2. The van der Waals surface area contributed by atoms with Crippen molar-refractivity contribution in [3.05, 3.63) is 48.8 Å². The average Bonchev–Trinajstić information content (AvgIpc) is 3.33. The summed E-state index contributed by atoms with van der Waals surface area (Å²) in [6, 6.07) is 9.44. The number of carboxylic acids is 1. The van der Waals surface area contributed by atoms with Crippen molar-refractivity contribution in [2.45, 2.75) is 6.54 Å². The molecule has 0 spiro atoms. The Morgan fingerprint density at radius 1 is 1.37 bits per heavy atom. The number of amides is 1. The Balaban J connectivity index is 1.50. The molecule has 2 unspecified atom stereocenters. The first-order valence-electron chi connectivity index (χ1n) is 8.77. The molecule has 0 aliphatic carbocycles. The summed E-state index contributed by atoms with van der Waals surface area (Å²) in [7, 11) is 0. The Morgan fingerprint density at radius 2 is 2.15 bits per heavy atom. The van der Waals surface area contributed by atoms with Gasteiger partial charge in [0.2, 0.25) is 5.91 Å². The third kappa shape index (κ3) is 2.91. The van der Waals surface area contributed by atoms with E-state index in [4.69, 9.17) is 4.52 Å². The number of aliphatic carboxylic acids is 1. The molecular formula is C19H20N4O4. The first-order valence-corrected chi connectivity index (χ1v) is 8.77. The van der Waals surface area contributed by atoms with Gasteiger partial charge in [-0.2, -0.15) is 4.98 Å². The maximum Gasteiger partial charge on any atom is 0.313 e. The van der Waals surface area contributed by atoms with Crippen LogP contribution in [0.3, 0.4) is 0 Å². The monoisotopic (exact) mass is 368 g/mol. The molecule has 0 bridgehead atoms. The highest BCUT2D eigenvalue weighted by atomic mass is 16.5. The van der Waals surface area contributed by atoms with Gasteiger partial charge in [-0.05, 0) is 12.1 Å². The molecular weight excluding hydrogens is 348 g/mol. The van der Waals surface area contributed by atoms with Crippen LogP contribution < -0.4 is 0 Å². The number of rotatable bonds is 6. The molecule has 1 N–H and O–H groups in total. The fourth-order valence-corrected chi connectivity index (χ4v) is 4.05. The van der Waals surface area contributed by atoms with E-state index in [1.807, 2.05) is 35.2 Å². The van der Waals surface area contributed by atoms with Crippen molar-refractivity contribution in [3.8, 4) is 11.5 Å². The second kappa shape index (κ2) is 6.62. The molecule has 3 heterocycles. The molecule has 1 aromatic carbocycles. The normalized spacial score (nSPS) is 25.0. The fourth-order valence-electron chi connectivity index (χ4n) is 4.05. The molecule has 2 aromatic rings. The quantitative estimate of drug-likeness (QED) is 0.767. The number of benzene rings is 1. The van der Waals surface area contributed by atoms with E-state index in [0.717, 1.165) is 5.56 Å². The summed E-state index contributed by atoms with van der Waals surface area (Å²) < 4.78 is 5.31. The fraction of sp³-hybridized carbons (Fsp3) is 0.368. The summed E-state index contributed by atoms with van der Waals surface area (Å²) in [5, 5.41) is 13.8. The van der Waals surface area contributed by atoms with E-state index in [0.29, 0.717) is 31.3 Å². The zero-order chi connectivity index (χ0) is 19.0. The molecule has 1 amide bonds. The Labute approximate surface area is 156 Å². The lowest BCUT2D eigenvalue weighted by Gasteiger charge is -2.24. The molecule has 2 fully saturated rings. The lowest BCUT2D eigenvalue weighted by atomic mass is 9.81. The maximum atomic E-state index is 12.6. The highest BCUT2D eigenvalue weighted by Gasteiger charge is 2.61. The van der Waals surface area contributed by atoms with E-state index in [9.17, 15) is 14.7 Å². The van der Waals surface area contributed by atoms with Crippen LogP contribution in [-0.4, -0.2) is 63.1 Å². The van der Waals surface area contributed by atoms with Gasteiger partial charge in [-0.1, -0.05) is 29.4 Å². The minimum atomic E-state index is -1.09. The van der Waals surface area contributed by atoms with Gasteiger partial charge in [-0.15, -0.1) is 6.58 Å². The number of fused-ring (bicyclic) bond motifs is 1. The molecule has 1 aromatic heterocycles. The molecule has 2 aliphatic heterocycles. The van der Waals surface area contributed by atoms with Gasteiger partial charge in [-0.25, -0.2) is 0 Å². The van der Waals surface area contributed by atoms with Crippen molar-refractivity contribution in [1.29, 1.82) is 0 Å². The number of carbonyl (C=O) groups excluding carboxylic acids is 1. The minimum Gasteiger partial charge on any atom is -0.481 e. The first-order chi connectivity index (χ1) is 13.0. The van der Waals surface area contributed by atoms with E-state index in [-0.39, 0.29) is 19.0 Å². The van der Waals surface area contributed by atoms with Gasteiger partial charge in [0.05, 0.1) is 12.5 Å². The lowest BCUT2D eigenvalue weighted by molar-refractivity contribution is -0.149. The van der Waals surface area contributed by atoms with Crippen LogP contribution in [0, 0.1) is 11.3 Å². The van der Waals surface area contributed by atoms with Crippen LogP contribution >= 0.6 is 0 Å². The molecule has 140 valence electrons. The van der Waals surface area contributed by atoms with Gasteiger partial charge in [0.15, 0.2) is 5.82 Å². The van der Waals surface area contributed by atoms with Crippen LogP contribution in [0.1, 0.15) is 5.82 Å². The number of nitrogens with zero attached hydrogens (tertiary/aromatic N) is 4. The highest BCUT2D eigenvalue weighted by Crippen LogP contribution is 2.44. The molecule has 27 heavy (non-hydrogen) atoms. The van der Waals surface area contributed by atoms with Crippen LogP contribution in [0.5, 0.6) is 0 Å². The second-order valence-electron chi connectivity index (χ2n) is 7.07. The van der Waals surface area contributed by atoms with Gasteiger partial charge < -0.3 is 14.5 Å². The third-order valence-corrected chi connectivity index (χ3v) is 5.33. The Morgan fingerprint density at radius 3 is 2.81 bits per heavy atom. The summed E-state index contributed by atoms with van der Waals surface area (Å²) in [5.74, 6) is -0.725. The van der Waals surface area contributed by atoms with Crippen molar-refractivity contribution >= 4 is 11.9 Å². The summed E-state index contributed by atoms with van der Waals surface area (Å²) in [4.78, 5) is 32.5. The van der Waals surface area contributed by atoms with Crippen LogP contribution in [-0.2, 0) is 16.1 Å². The molecule has 8 nitrogen and oxygen atoms in total. The number of hydrogen-bond donors (Lipinski definition) is 1. The van der Waals surface area contributed by atoms with Gasteiger partial charge in [-0.3, -0.25) is 14.5 Å². The zero-order valence-corrected chi connectivity index (χ0v) is 14.7. The maximum absolute atomic E-state index is 12.6. The van der Waals surface area contributed by atoms with E-state index in [1.165, 1.54) is 0 Å². The summed E-state index contributed by atoms with van der Waals surface area (Å²) in [6.07, 6.45) is 1.62. The number of aromatic nitrogens is 2. The average molecular weight is 368 g/mol. The van der Waals surface area contributed by atoms with Gasteiger partial charge in [0, 0.05) is 31.7 Å². The predicted octanol–water partition coefficient (Wildman–Crippen LogP) is 1.27. The van der Waals surface area contributed by atoms with E-state index in [1.54, 1.807) is 11.0 Å². The van der Waals surface area contributed by atoms with Gasteiger partial charge in [0.25, 0.3) is 5.89 Å². The van der Waals surface area contributed by atoms with Gasteiger partial charge >= 0.3 is 5.97 Å². The van der Waals surface area contributed by atoms with Crippen molar-refractivity contribution in [1.82, 2.24) is 19.9 Å². The van der Waals surface area contributed by atoms with E-state index >= 15 is 0 Å². The summed E-state index contributed by atoms with van der Waals surface area (Å²) in [6.45, 7) is 5.21. The zero-order valence-electron chi connectivity index (χ0n) is 14.7. The smallest absolute Gasteiger partial charge is 0.313 e. The van der Waals surface area contributed by atoms with Crippen molar-refractivity contribution in [3.63, 3.8) is 0 Å². The summed E-state index contributed by atoms with van der Waals surface area (Å²) in [5.41, 5.74) is -0.265. The highest BCUT2D eigenvalue weighted by molar-refractivity contribution is 5.92. The second-order valence-corrected chi connectivity index (χ2v) is 7.07. The van der Waals surface area contributed by atoms with Crippen LogP contribution in [0.2, 0.25) is 0 Å². The molecule has 0 radical (unpaired) electrons. The lowest BCUT2D eigenvalue weighted by Crippen LogP contribution is -2.40. The molecule has 0 saturated carbocycles. The van der Waals surface area contributed by atoms with Crippen molar-refractivity contribution in [2.24, 2.45) is 11.3 Å². The van der Waals surface area contributed by atoms with Crippen LogP contribution in [0.25, 0.3) is 11.5 Å². The van der Waals surface area contributed by atoms with E-state index < -0.39 is 17.3 Å². The third-order valence-electron chi connectivity index (χ3n) is 5.33. The van der Waals surface area contributed by atoms with E-state index in [2.05, 4.69) is 16.7 Å². The molecule has 8 heteroatoms. The first kappa shape index (κ1) is 17.4. The Hall–Kier alpha value is -3.00. The van der Waals surface area contributed by atoms with Gasteiger partial charge in [0.1, 0.15) is 5.41 Å². The Bertz CT molecular complexity index is 881. The van der Waals surface area contributed by atoms with Crippen molar-refractivity contribution in [2.75, 3.05) is 26.2 Å². The predicted molar refractivity (Wildman–Crippen MR) is 95.3 cm³/mol. The molecule has 2 saturated heterocycles. The summed E-state index contributed by atoms with van der Waals surface area (Å²) >= 11 is 0. The number of carboxylic acid groups (broad SMARTS) is 1. The standard InChI is InChI=1S/C19H20N4O4/c1-2-8-23-12-19(18(25)26)11-22(9-14(19)17(23)24)10-15-20-16(27-21-15)13-6-4-3-5-7-13/h2-7,14H,1,8-12H2,(H,25,26). The van der Waals surface area contributed by atoms with Crippen molar-refractivity contribution < 1.29 is 19.2 Å². The van der Waals surface area contributed by atoms with Crippen LogP contribution in [0.4, 0.5) is 0 Å². The molecule has 2 atom stereocenters. The Kier molecular flexibility index (Phi) is 4.27. The number of hydrogen-bond acceptors (Lipinski definition) is 6. The molecule has 2 aliphatic rings. The minimum absolute atomic E-state index is 0.127. The molecule has 4 rings (SSSR count). The van der Waals surface area contributed by atoms with Crippen LogP contribution in [0.15, 0.2) is 47.5 Å². The SMILES string of the molecule is C=CCN1CC2(C(=O)O)CN(Cc3noc(-c4ccccc4)n3)CC2C1=O. The topological polar surface area (TPSA) is 99.8 Å². The number of carbonyl (C=O) groups is 2.